The summed E-state index contributed by atoms with van der Waals surface area (Å²) < 4.78 is 48.3. The van der Waals surface area contributed by atoms with Crippen LogP contribution >= 0.6 is 0 Å². The summed E-state index contributed by atoms with van der Waals surface area (Å²) in [5.74, 6) is 0. The van der Waals surface area contributed by atoms with Gasteiger partial charge in [0.15, 0.2) is 0 Å². The van der Waals surface area contributed by atoms with Crippen molar-refractivity contribution in [3.05, 3.63) is 0 Å². The number of piperidine rings is 1. The van der Waals surface area contributed by atoms with E-state index in [1.54, 1.807) is 0 Å². The van der Waals surface area contributed by atoms with Gasteiger partial charge in [-0.2, -0.15) is 0 Å². The Hall–Kier alpha value is -0.270. The second-order valence-electron chi connectivity index (χ2n) is 3.25. The van der Waals surface area contributed by atoms with Crippen molar-refractivity contribution in [3.63, 3.8) is 0 Å². The van der Waals surface area contributed by atoms with E-state index >= 15 is 0 Å². The van der Waals surface area contributed by atoms with Gasteiger partial charge in [0.1, 0.15) is 0 Å². The van der Waals surface area contributed by atoms with Crippen LogP contribution in [0.2, 0.25) is 0 Å². The molecule has 1 rings (SSSR count). The fourth-order valence-electron chi connectivity index (χ4n) is 1.38. The fourth-order valence-corrected chi connectivity index (χ4v) is 2.79. The van der Waals surface area contributed by atoms with Crippen LogP contribution in [0, 0.1) is 0 Å². The standard InChI is InChI=1S/C7H14F2N2O2S/c8-7(9)5-11-14(12,13)6-2-1-3-10-4-6/h6-7,10-11H,1-5H2. The van der Waals surface area contributed by atoms with Gasteiger partial charge in [-0.3, -0.25) is 0 Å². The quantitative estimate of drug-likeness (QED) is 0.707. The first-order valence-electron chi connectivity index (χ1n) is 4.50. The number of halogens is 2. The predicted molar refractivity (Wildman–Crippen MR) is 48.8 cm³/mol. The summed E-state index contributed by atoms with van der Waals surface area (Å²) in [6, 6.07) is 0. The summed E-state index contributed by atoms with van der Waals surface area (Å²) in [6.07, 6.45) is -1.34. The number of hydrogen-bond donors (Lipinski definition) is 2. The molecular weight excluding hydrogens is 214 g/mol. The highest BCUT2D eigenvalue weighted by molar-refractivity contribution is 7.90. The van der Waals surface area contributed by atoms with Crippen LogP contribution in [0.15, 0.2) is 0 Å². The summed E-state index contributed by atoms with van der Waals surface area (Å²) in [4.78, 5) is 0. The molecule has 4 nitrogen and oxygen atoms in total. The topological polar surface area (TPSA) is 58.2 Å². The van der Waals surface area contributed by atoms with Crippen LogP contribution in [0.3, 0.4) is 0 Å². The smallest absolute Gasteiger partial charge is 0.251 e. The zero-order valence-corrected chi connectivity index (χ0v) is 8.49. The minimum absolute atomic E-state index is 0.346. The Bertz CT molecular complexity index is 263. The maximum atomic E-state index is 11.8. The lowest BCUT2D eigenvalue weighted by molar-refractivity contribution is 0.153. The summed E-state index contributed by atoms with van der Waals surface area (Å²) in [6.45, 7) is 0.346. The fraction of sp³-hybridized carbons (Fsp3) is 1.00. The van der Waals surface area contributed by atoms with Crippen LogP contribution in [0.1, 0.15) is 12.8 Å². The van der Waals surface area contributed by atoms with E-state index in [0.29, 0.717) is 13.0 Å². The van der Waals surface area contributed by atoms with E-state index in [-0.39, 0.29) is 0 Å². The third-order valence-corrected chi connectivity index (χ3v) is 3.98. The first-order chi connectivity index (χ1) is 6.52. The van der Waals surface area contributed by atoms with Gasteiger partial charge in [-0.15, -0.1) is 0 Å². The van der Waals surface area contributed by atoms with Gasteiger partial charge in [0.05, 0.1) is 11.8 Å². The highest BCUT2D eigenvalue weighted by atomic mass is 32.2. The van der Waals surface area contributed by atoms with E-state index in [1.807, 2.05) is 4.72 Å². The van der Waals surface area contributed by atoms with E-state index < -0.39 is 28.2 Å². The van der Waals surface area contributed by atoms with Crippen molar-refractivity contribution >= 4 is 10.0 Å². The Balaban J connectivity index is 2.46. The molecule has 1 aliphatic heterocycles. The van der Waals surface area contributed by atoms with E-state index in [9.17, 15) is 17.2 Å². The zero-order valence-electron chi connectivity index (χ0n) is 7.67. The second-order valence-corrected chi connectivity index (χ2v) is 5.30. The molecule has 1 unspecified atom stereocenters. The minimum atomic E-state index is -3.57. The van der Waals surface area contributed by atoms with Crippen molar-refractivity contribution < 1.29 is 17.2 Å². The predicted octanol–water partition coefficient (Wildman–Crippen LogP) is -0.0771. The lowest BCUT2D eigenvalue weighted by Gasteiger charge is -2.22. The highest BCUT2D eigenvalue weighted by Crippen LogP contribution is 2.10. The second kappa shape index (κ2) is 4.99. The molecule has 1 heterocycles. The normalized spacial score (nSPS) is 24.1. The molecule has 0 aliphatic carbocycles. The molecular formula is C7H14F2N2O2S. The van der Waals surface area contributed by atoms with Crippen LogP contribution < -0.4 is 10.0 Å². The first kappa shape index (κ1) is 11.8. The molecule has 0 aromatic rings. The molecule has 1 atom stereocenters. The van der Waals surface area contributed by atoms with Crippen molar-refractivity contribution in [2.24, 2.45) is 0 Å². The van der Waals surface area contributed by atoms with Crippen LogP contribution in [0.5, 0.6) is 0 Å². The maximum absolute atomic E-state index is 11.8. The first-order valence-corrected chi connectivity index (χ1v) is 6.04. The van der Waals surface area contributed by atoms with Gasteiger partial charge in [-0.25, -0.2) is 21.9 Å². The summed E-state index contributed by atoms with van der Waals surface area (Å²) in [7, 11) is -3.57. The number of sulfonamides is 1. The molecule has 0 radical (unpaired) electrons. The average molecular weight is 228 g/mol. The molecule has 2 N–H and O–H groups in total. The summed E-state index contributed by atoms with van der Waals surface area (Å²) >= 11 is 0. The lowest BCUT2D eigenvalue weighted by Crippen LogP contribution is -2.45. The lowest BCUT2D eigenvalue weighted by atomic mass is 10.2. The summed E-state index contributed by atoms with van der Waals surface area (Å²) in [5.41, 5.74) is 0. The molecule has 0 saturated carbocycles. The van der Waals surface area contributed by atoms with E-state index in [4.69, 9.17) is 0 Å². The van der Waals surface area contributed by atoms with Crippen molar-refractivity contribution in [1.29, 1.82) is 0 Å². The molecule has 1 fully saturated rings. The SMILES string of the molecule is O=S(=O)(NCC(F)F)C1CCCNC1. The monoisotopic (exact) mass is 228 g/mol. The average Bonchev–Trinajstić information content (AvgIpc) is 2.16. The highest BCUT2D eigenvalue weighted by Gasteiger charge is 2.27. The van der Waals surface area contributed by atoms with Gasteiger partial charge in [0, 0.05) is 6.54 Å². The molecule has 0 spiro atoms. The minimum Gasteiger partial charge on any atom is -0.315 e. The largest absolute Gasteiger partial charge is 0.315 e. The van der Waals surface area contributed by atoms with Gasteiger partial charge >= 0.3 is 0 Å². The van der Waals surface area contributed by atoms with Crippen LogP contribution in [0.4, 0.5) is 8.78 Å². The van der Waals surface area contributed by atoms with Gasteiger partial charge < -0.3 is 5.32 Å². The van der Waals surface area contributed by atoms with E-state index in [0.717, 1.165) is 13.0 Å². The third-order valence-electron chi connectivity index (χ3n) is 2.13. The molecule has 0 aromatic carbocycles. The van der Waals surface area contributed by atoms with Crippen LogP contribution in [-0.2, 0) is 10.0 Å². The molecule has 0 amide bonds. The number of alkyl halides is 2. The Morgan fingerprint density at radius 2 is 2.21 bits per heavy atom. The number of hydrogen-bond acceptors (Lipinski definition) is 3. The van der Waals surface area contributed by atoms with Gasteiger partial charge in [-0.1, -0.05) is 0 Å². The van der Waals surface area contributed by atoms with Crippen LogP contribution in [0.25, 0.3) is 0 Å². The number of nitrogens with one attached hydrogen (secondary N) is 2. The van der Waals surface area contributed by atoms with Crippen molar-refractivity contribution in [1.82, 2.24) is 10.0 Å². The third kappa shape index (κ3) is 3.47. The number of rotatable bonds is 4. The van der Waals surface area contributed by atoms with Gasteiger partial charge in [-0.05, 0) is 19.4 Å². The molecule has 1 aliphatic rings. The van der Waals surface area contributed by atoms with E-state index in [1.165, 1.54) is 0 Å². The molecule has 84 valence electrons. The van der Waals surface area contributed by atoms with Crippen molar-refractivity contribution in [3.8, 4) is 0 Å². The summed E-state index contributed by atoms with van der Waals surface area (Å²) in [5, 5.41) is 2.35. The Kier molecular flexibility index (Phi) is 4.21. The Morgan fingerprint density at radius 1 is 1.50 bits per heavy atom. The Morgan fingerprint density at radius 3 is 2.71 bits per heavy atom. The van der Waals surface area contributed by atoms with Crippen molar-refractivity contribution in [2.75, 3.05) is 19.6 Å². The zero-order chi connectivity index (χ0) is 10.6. The molecule has 0 bridgehead atoms. The molecule has 7 heteroatoms. The van der Waals surface area contributed by atoms with E-state index in [2.05, 4.69) is 5.32 Å². The van der Waals surface area contributed by atoms with Crippen LogP contribution in [-0.4, -0.2) is 39.7 Å². The molecule has 14 heavy (non-hydrogen) atoms. The van der Waals surface area contributed by atoms with Gasteiger partial charge in [0.2, 0.25) is 10.0 Å². The molecule has 0 aromatic heterocycles. The Labute approximate surface area is 82.1 Å². The van der Waals surface area contributed by atoms with Gasteiger partial charge in [0.25, 0.3) is 6.43 Å². The van der Waals surface area contributed by atoms with Crippen molar-refractivity contribution in [2.45, 2.75) is 24.5 Å². The maximum Gasteiger partial charge on any atom is 0.251 e. The molecule has 1 saturated heterocycles.